The number of pyridine rings is 1. The molecule has 1 aliphatic heterocycles. The van der Waals surface area contributed by atoms with Crippen molar-refractivity contribution >= 4 is 11.8 Å². The molecule has 0 aromatic carbocycles. The maximum absolute atomic E-state index is 13.2. The van der Waals surface area contributed by atoms with E-state index in [4.69, 9.17) is 4.74 Å². The fraction of sp³-hybridized carbons (Fsp3) is 0.625. The van der Waals surface area contributed by atoms with Crippen LogP contribution < -0.4 is 0 Å². The summed E-state index contributed by atoms with van der Waals surface area (Å²) in [6, 6.07) is 4.17. The van der Waals surface area contributed by atoms with E-state index in [1.807, 2.05) is 17.0 Å². The number of amides is 2. The van der Waals surface area contributed by atoms with E-state index in [1.165, 1.54) is 19.3 Å². The molecule has 1 saturated heterocycles. The number of nitrogens with zero attached hydrogens (tertiary/aromatic N) is 3. The van der Waals surface area contributed by atoms with Gasteiger partial charge in [-0.3, -0.25) is 14.6 Å². The third-order valence-electron chi connectivity index (χ3n) is 6.62. The van der Waals surface area contributed by atoms with Crippen LogP contribution in [0.3, 0.4) is 0 Å². The third kappa shape index (κ3) is 5.28. The summed E-state index contributed by atoms with van der Waals surface area (Å²) < 4.78 is 6.24. The van der Waals surface area contributed by atoms with Crippen molar-refractivity contribution in [3.05, 3.63) is 42.2 Å². The Hall–Kier alpha value is -2.21. The van der Waals surface area contributed by atoms with Gasteiger partial charge in [0.25, 0.3) is 0 Å². The topological polar surface area (TPSA) is 62.7 Å². The van der Waals surface area contributed by atoms with Gasteiger partial charge < -0.3 is 14.5 Å². The first kappa shape index (κ1) is 21.0. The van der Waals surface area contributed by atoms with Gasteiger partial charge in [0.2, 0.25) is 11.8 Å². The zero-order valence-electron chi connectivity index (χ0n) is 17.7. The molecule has 3 aliphatic rings. The summed E-state index contributed by atoms with van der Waals surface area (Å²) in [6.45, 7) is 1.67. The minimum atomic E-state index is -0.179. The standard InChI is InChI=1S/C24H33N3O3/c28-23-17-26(24(29)20-9-3-1-4-10-20)15-22(30-18-19-8-7-13-25-14-19)16-27(23)21-11-5-2-6-12-21/h1,3,7-8,13-14,20-22H,2,4-6,9-12,15-18H2/t20-,22-/m1/s1. The van der Waals surface area contributed by atoms with Crippen molar-refractivity contribution in [2.45, 2.75) is 70.1 Å². The van der Waals surface area contributed by atoms with Crippen molar-refractivity contribution in [1.29, 1.82) is 0 Å². The molecule has 2 atom stereocenters. The van der Waals surface area contributed by atoms with Crippen LogP contribution in [0.15, 0.2) is 36.7 Å². The van der Waals surface area contributed by atoms with Crippen molar-refractivity contribution in [2.24, 2.45) is 5.92 Å². The van der Waals surface area contributed by atoms with Gasteiger partial charge >= 0.3 is 0 Å². The SMILES string of the molecule is O=C([C@@H]1CC=CCC1)N1CC(=O)N(C2CCCCC2)C[C@H](OCc2cccnc2)C1. The summed E-state index contributed by atoms with van der Waals surface area (Å²) in [5.41, 5.74) is 1.01. The molecule has 0 bridgehead atoms. The fourth-order valence-electron chi connectivity index (χ4n) is 4.94. The Morgan fingerprint density at radius 2 is 2.00 bits per heavy atom. The second-order valence-electron chi connectivity index (χ2n) is 8.83. The summed E-state index contributed by atoms with van der Waals surface area (Å²) >= 11 is 0. The number of hydrogen-bond donors (Lipinski definition) is 0. The maximum atomic E-state index is 13.2. The highest BCUT2D eigenvalue weighted by atomic mass is 16.5. The summed E-state index contributed by atoms with van der Waals surface area (Å²) in [6.07, 6.45) is 15.9. The molecule has 0 spiro atoms. The Kier molecular flexibility index (Phi) is 7.16. The molecule has 2 amide bonds. The van der Waals surface area contributed by atoms with Crippen LogP contribution >= 0.6 is 0 Å². The zero-order chi connectivity index (χ0) is 20.8. The summed E-state index contributed by atoms with van der Waals surface area (Å²) in [5.74, 6) is 0.172. The van der Waals surface area contributed by atoms with Crippen molar-refractivity contribution in [2.75, 3.05) is 19.6 Å². The van der Waals surface area contributed by atoms with E-state index in [0.717, 1.165) is 37.7 Å². The van der Waals surface area contributed by atoms with E-state index < -0.39 is 0 Å². The summed E-state index contributed by atoms with van der Waals surface area (Å²) in [4.78, 5) is 34.3. The zero-order valence-corrected chi connectivity index (χ0v) is 17.7. The van der Waals surface area contributed by atoms with Gasteiger partial charge in [-0.15, -0.1) is 0 Å². The molecule has 6 heteroatoms. The third-order valence-corrected chi connectivity index (χ3v) is 6.62. The minimum absolute atomic E-state index is 0.0111. The molecular weight excluding hydrogens is 378 g/mol. The van der Waals surface area contributed by atoms with E-state index in [2.05, 4.69) is 17.1 Å². The number of allylic oxidation sites excluding steroid dienone is 2. The number of rotatable bonds is 5. The van der Waals surface area contributed by atoms with Gasteiger partial charge in [-0.1, -0.05) is 37.5 Å². The van der Waals surface area contributed by atoms with Crippen LogP contribution in [0, 0.1) is 5.92 Å². The van der Waals surface area contributed by atoms with E-state index in [1.54, 1.807) is 17.3 Å². The summed E-state index contributed by atoms with van der Waals surface area (Å²) in [5, 5.41) is 0. The quantitative estimate of drug-likeness (QED) is 0.698. The first-order chi connectivity index (χ1) is 14.7. The van der Waals surface area contributed by atoms with Crippen LogP contribution in [-0.4, -0.2) is 58.4 Å². The Balaban J connectivity index is 1.48. The molecule has 2 fully saturated rings. The highest BCUT2D eigenvalue weighted by Gasteiger charge is 2.36. The number of carbonyl (C=O) groups is 2. The fourth-order valence-corrected chi connectivity index (χ4v) is 4.94. The van der Waals surface area contributed by atoms with Crippen molar-refractivity contribution in [3.8, 4) is 0 Å². The van der Waals surface area contributed by atoms with Crippen LogP contribution in [0.25, 0.3) is 0 Å². The monoisotopic (exact) mass is 411 g/mol. The number of ether oxygens (including phenoxy) is 1. The Bertz CT molecular complexity index is 745. The van der Waals surface area contributed by atoms with Crippen molar-refractivity contribution in [3.63, 3.8) is 0 Å². The highest BCUT2D eigenvalue weighted by molar-refractivity contribution is 5.86. The smallest absolute Gasteiger partial charge is 0.242 e. The Morgan fingerprint density at radius 3 is 2.73 bits per heavy atom. The van der Waals surface area contributed by atoms with Gasteiger partial charge in [0.1, 0.15) is 0 Å². The largest absolute Gasteiger partial charge is 0.370 e. The lowest BCUT2D eigenvalue weighted by atomic mass is 9.93. The van der Waals surface area contributed by atoms with Crippen molar-refractivity contribution < 1.29 is 14.3 Å². The van der Waals surface area contributed by atoms with Crippen LogP contribution in [0.1, 0.15) is 56.9 Å². The van der Waals surface area contributed by atoms with Crippen molar-refractivity contribution in [1.82, 2.24) is 14.8 Å². The molecular formula is C24H33N3O3. The second kappa shape index (κ2) is 10.2. The van der Waals surface area contributed by atoms with Crippen LogP contribution in [0.5, 0.6) is 0 Å². The summed E-state index contributed by atoms with van der Waals surface area (Å²) in [7, 11) is 0. The average Bonchev–Trinajstić information content (AvgIpc) is 2.98. The number of carbonyl (C=O) groups excluding carboxylic acids is 2. The lowest BCUT2D eigenvalue weighted by Gasteiger charge is -2.34. The van der Waals surface area contributed by atoms with Crippen LogP contribution in [0.2, 0.25) is 0 Å². The molecule has 4 rings (SSSR count). The molecule has 2 heterocycles. The lowest BCUT2D eigenvalue weighted by molar-refractivity contribution is -0.142. The molecule has 1 aromatic rings. The molecule has 162 valence electrons. The second-order valence-corrected chi connectivity index (χ2v) is 8.83. The molecule has 0 N–H and O–H groups in total. The van der Waals surface area contributed by atoms with Gasteiger partial charge in [0, 0.05) is 37.4 Å². The molecule has 0 unspecified atom stereocenters. The molecule has 0 radical (unpaired) electrons. The molecule has 2 aliphatic carbocycles. The molecule has 1 aromatic heterocycles. The minimum Gasteiger partial charge on any atom is -0.370 e. The molecule has 6 nitrogen and oxygen atoms in total. The first-order valence-corrected chi connectivity index (χ1v) is 11.4. The van der Waals surface area contributed by atoms with Gasteiger partial charge in [0.05, 0.1) is 19.3 Å². The Morgan fingerprint density at radius 1 is 1.13 bits per heavy atom. The lowest BCUT2D eigenvalue weighted by Crippen LogP contribution is -2.46. The van der Waals surface area contributed by atoms with E-state index in [-0.39, 0.29) is 36.4 Å². The predicted molar refractivity (Wildman–Crippen MR) is 114 cm³/mol. The van der Waals surface area contributed by atoms with Crippen LogP contribution in [0.4, 0.5) is 0 Å². The normalized spacial score (nSPS) is 25.9. The van der Waals surface area contributed by atoms with Gasteiger partial charge in [-0.25, -0.2) is 0 Å². The van der Waals surface area contributed by atoms with Crippen LogP contribution in [-0.2, 0) is 20.9 Å². The first-order valence-electron chi connectivity index (χ1n) is 11.4. The maximum Gasteiger partial charge on any atom is 0.242 e. The highest BCUT2D eigenvalue weighted by Crippen LogP contribution is 2.26. The van der Waals surface area contributed by atoms with E-state index >= 15 is 0 Å². The van der Waals surface area contributed by atoms with Gasteiger partial charge in [-0.05, 0) is 43.7 Å². The molecule has 30 heavy (non-hydrogen) atoms. The van der Waals surface area contributed by atoms with Gasteiger partial charge in [-0.2, -0.15) is 0 Å². The average molecular weight is 412 g/mol. The predicted octanol–water partition coefficient (Wildman–Crippen LogP) is 3.33. The van der Waals surface area contributed by atoms with Gasteiger partial charge in [0.15, 0.2) is 0 Å². The van der Waals surface area contributed by atoms with E-state index in [0.29, 0.717) is 19.7 Å². The Labute approximate surface area is 179 Å². The number of aromatic nitrogens is 1. The van der Waals surface area contributed by atoms with E-state index in [9.17, 15) is 9.59 Å². The molecule has 1 saturated carbocycles. The number of hydrogen-bond acceptors (Lipinski definition) is 4.